The van der Waals surface area contributed by atoms with Gasteiger partial charge in [0.05, 0.1) is 99.1 Å². The quantitative estimate of drug-likeness (QED) is 0.0816. The Morgan fingerprint density at radius 3 is 1.04 bits per heavy atom. The molecule has 0 radical (unpaired) electrons. The number of amides is 1. The lowest BCUT2D eigenvalue weighted by Gasteiger charge is -2.19. The first kappa shape index (κ1) is 43.9. The standard InChI is InChI=1S/C34H69NO10/c1-5-6-7-8-9-10-11-12-13-14-15-17-37-19-21-39-23-25-41-27-29-43-31-32-44-30-28-42-26-24-40-22-20-38-18-16-35-33(36)45-34(2,3)4/h5-32H2,1-4H3,(H,35,36). The Kier molecular flexibility index (Phi) is 35.0. The smallest absolute Gasteiger partial charge is 0.407 e. The fraction of sp³-hybridized carbons (Fsp3) is 0.971. The average molecular weight is 652 g/mol. The molecule has 0 spiro atoms. The fourth-order valence-corrected chi connectivity index (χ4v) is 4.05. The van der Waals surface area contributed by atoms with Crippen LogP contribution in [0.1, 0.15) is 98.3 Å². The second-order valence-corrected chi connectivity index (χ2v) is 11.9. The zero-order valence-corrected chi connectivity index (χ0v) is 29.4. The predicted octanol–water partition coefficient (Wildman–Crippen LogP) is 5.95. The highest BCUT2D eigenvalue weighted by Crippen LogP contribution is 2.11. The van der Waals surface area contributed by atoms with Gasteiger partial charge in [-0.1, -0.05) is 71.1 Å². The molecule has 0 aliphatic heterocycles. The topological polar surface area (TPSA) is 112 Å². The van der Waals surface area contributed by atoms with Crippen LogP contribution < -0.4 is 5.32 Å². The number of unbranched alkanes of at least 4 members (excludes halogenated alkanes) is 10. The second kappa shape index (κ2) is 35.8. The summed E-state index contributed by atoms with van der Waals surface area (Å²) in [6, 6.07) is 0. The third-order valence-electron chi connectivity index (χ3n) is 6.41. The third-order valence-corrected chi connectivity index (χ3v) is 6.41. The van der Waals surface area contributed by atoms with Gasteiger partial charge in [0.1, 0.15) is 5.60 Å². The van der Waals surface area contributed by atoms with Crippen molar-refractivity contribution >= 4 is 6.09 Å². The molecule has 0 saturated carbocycles. The zero-order valence-electron chi connectivity index (χ0n) is 29.4. The van der Waals surface area contributed by atoms with Crippen molar-refractivity contribution in [2.75, 3.05) is 112 Å². The summed E-state index contributed by atoms with van der Waals surface area (Å²) in [5.74, 6) is 0. The van der Waals surface area contributed by atoms with Crippen molar-refractivity contribution in [3.63, 3.8) is 0 Å². The molecular weight excluding hydrogens is 582 g/mol. The lowest BCUT2D eigenvalue weighted by Crippen LogP contribution is -2.34. The molecule has 1 amide bonds. The number of rotatable bonds is 36. The van der Waals surface area contributed by atoms with E-state index < -0.39 is 11.7 Å². The van der Waals surface area contributed by atoms with E-state index in [9.17, 15) is 4.79 Å². The van der Waals surface area contributed by atoms with Crippen molar-refractivity contribution < 1.29 is 47.4 Å². The van der Waals surface area contributed by atoms with Crippen LogP contribution in [0.15, 0.2) is 0 Å². The van der Waals surface area contributed by atoms with Gasteiger partial charge in [0.25, 0.3) is 0 Å². The molecule has 45 heavy (non-hydrogen) atoms. The number of alkyl carbamates (subject to hydrolysis) is 1. The Bertz CT molecular complexity index is 592. The van der Waals surface area contributed by atoms with Crippen LogP contribution in [-0.4, -0.2) is 124 Å². The summed E-state index contributed by atoms with van der Waals surface area (Å²) in [4.78, 5) is 11.5. The second-order valence-electron chi connectivity index (χ2n) is 11.9. The molecular formula is C34H69NO10. The molecule has 0 aromatic heterocycles. The summed E-state index contributed by atoms with van der Waals surface area (Å²) in [5.41, 5.74) is -0.504. The summed E-state index contributed by atoms with van der Waals surface area (Å²) in [7, 11) is 0. The van der Waals surface area contributed by atoms with E-state index in [1.807, 2.05) is 20.8 Å². The van der Waals surface area contributed by atoms with Gasteiger partial charge in [0, 0.05) is 13.2 Å². The van der Waals surface area contributed by atoms with Gasteiger partial charge in [0.2, 0.25) is 0 Å². The lowest BCUT2D eigenvalue weighted by atomic mass is 10.1. The molecule has 0 heterocycles. The predicted molar refractivity (Wildman–Crippen MR) is 177 cm³/mol. The van der Waals surface area contributed by atoms with E-state index in [1.165, 1.54) is 64.2 Å². The normalized spacial score (nSPS) is 11.7. The zero-order chi connectivity index (χ0) is 32.9. The third kappa shape index (κ3) is 40.9. The van der Waals surface area contributed by atoms with Crippen LogP contribution in [0.25, 0.3) is 0 Å². The van der Waals surface area contributed by atoms with Crippen LogP contribution >= 0.6 is 0 Å². The summed E-state index contributed by atoms with van der Waals surface area (Å²) in [5, 5.41) is 2.64. The molecule has 1 N–H and O–H groups in total. The minimum absolute atomic E-state index is 0.391. The Morgan fingerprint density at radius 2 is 0.711 bits per heavy atom. The number of ether oxygens (including phenoxy) is 9. The first-order valence-corrected chi connectivity index (χ1v) is 17.5. The van der Waals surface area contributed by atoms with Crippen LogP contribution in [0, 0.1) is 0 Å². The van der Waals surface area contributed by atoms with E-state index in [4.69, 9.17) is 42.6 Å². The van der Waals surface area contributed by atoms with Gasteiger partial charge in [-0.15, -0.1) is 0 Å². The molecule has 0 aliphatic rings. The van der Waals surface area contributed by atoms with E-state index >= 15 is 0 Å². The van der Waals surface area contributed by atoms with Crippen molar-refractivity contribution in [2.45, 2.75) is 104 Å². The highest BCUT2D eigenvalue weighted by Gasteiger charge is 2.15. The van der Waals surface area contributed by atoms with E-state index in [2.05, 4.69) is 12.2 Å². The number of carbonyl (C=O) groups excluding carboxylic acids is 1. The molecule has 0 aromatic carbocycles. The van der Waals surface area contributed by atoms with E-state index in [0.29, 0.717) is 106 Å². The van der Waals surface area contributed by atoms with Crippen molar-refractivity contribution in [2.24, 2.45) is 0 Å². The van der Waals surface area contributed by atoms with Crippen molar-refractivity contribution in [1.82, 2.24) is 5.32 Å². The highest BCUT2D eigenvalue weighted by molar-refractivity contribution is 5.67. The van der Waals surface area contributed by atoms with Crippen LogP contribution in [-0.2, 0) is 42.6 Å². The Balaban J connectivity index is 3.09. The molecule has 11 nitrogen and oxygen atoms in total. The molecule has 0 saturated heterocycles. The summed E-state index contributed by atoms with van der Waals surface area (Å²) < 4.78 is 49.1. The molecule has 0 aliphatic carbocycles. The van der Waals surface area contributed by atoms with Gasteiger partial charge >= 0.3 is 6.09 Å². The molecule has 0 fully saturated rings. The van der Waals surface area contributed by atoms with Crippen molar-refractivity contribution in [3.8, 4) is 0 Å². The number of carbonyl (C=O) groups is 1. The maximum atomic E-state index is 11.5. The minimum atomic E-state index is -0.504. The van der Waals surface area contributed by atoms with Gasteiger partial charge in [-0.2, -0.15) is 0 Å². The van der Waals surface area contributed by atoms with Crippen LogP contribution in [0.2, 0.25) is 0 Å². The van der Waals surface area contributed by atoms with Gasteiger partial charge in [-0.25, -0.2) is 4.79 Å². The first-order chi connectivity index (χ1) is 22.0. The molecule has 0 bridgehead atoms. The number of hydrogen-bond acceptors (Lipinski definition) is 10. The van der Waals surface area contributed by atoms with Crippen molar-refractivity contribution in [1.29, 1.82) is 0 Å². The molecule has 0 aromatic rings. The Hall–Kier alpha value is -1.05. The van der Waals surface area contributed by atoms with E-state index in [1.54, 1.807) is 0 Å². The maximum Gasteiger partial charge on any atom is 0.407 e. The van der Waals surface area contributed by atoms with Crippen LogP contribution in [0.5, 0.6) is 0 Å². The maximum absolute atomic E-state index is 11.5. The SMILES string of the molecule is CCCCCCCCCCCCCOCCOCCOCCOCCOCCOCCOCCOCCNC(=O)OC(C)(C)C. The molecule has 0 rings (SSSR count). The van der Waals surface area contributed by atoms with Gasteiger partial charge in [-0.05, 0) is 27.2 Å². The Labute approximate surface area is 275 Å². The molecule has 11 heteroatoms. The number of hydrogen-bond donors (Lipinski definition) is 1. The van der Waals surface area contributed by atoms with Crippen LogP contribution in [0.3, 0.4) is 0 Å². The van der Waals surface area contributed by atoms with Gasteiger partial charge in [-0.3, -0.25) is 0 Å². The highest BCUT2D eigenvalue weighted by atomic mass is 16.6. The largest absolute Gasteiger partial charge is 0.444 e. The molecule has 270 valence electrons. The van der Waals surface area contributed by atoms with Crippen molar-refractivity contribution in [3.05, 3.63) is 0 Å². The first-order valence-electron chi connectivity index (χ1n) is 17.5. The fourth-order valence-electron chi connectivity index (χ4n) is 4.05. The number of nitrogens with one attached hydrogen (secondary N) is 1. The summed E-state index contributed by atoms with van der Waals surface area (Å²) in [6.07, 6.45) is 14.4. The molecule has 0 atom stereocenters. The monoisotopic (exact) mass is 651 g/mol. The van der Waals surface area contributed by atoms with E-state index in [-0.39, 0.29) is 0 Å². The average Bonchev–Trinajstić information content (AvgIpc) is 3.00. The lowest BCUT2D eigenvalue weighted by molar-refractivity contribution is -0.0231. The van der Waals surface area contributed by atoms with Crippen LogP contribution in [0.4, 0.5) is 4.79 Å². The Morgan fingerprint density at radius 1 is 0.422 bits per heavy atom. The summed E-state index contributed by atoms with van der Waals surface area (Å²) in [6.45, 7) is 16.8. The minimum Gasteiger partial charge on any atom is -0.444 e. The van der Waals surface area contributed by atoms with Gasteiger partial charge < -0.3 is 47.9 Å². The van der Waals surface area contributed by atoms with E-state index in [0.717, 1.165) is 13.0 Å². The molecule has 0 unspecified atom stereocenters. The van der Waals surface area contributed by atoms with Gasteiger partial charge in [0.15, 0.2) is 0 Å². The summed E-state index contributed by atoms with van der Waals surface area (Å²) >= 11 is 0.